The number of nitro groups is 1. The molecule has 1 aromatic carbocycles. The number of nitrogens with zero attached hydrogens (tertiary/aromatic N) is 3. The van der Waals surface area contributed by atoms with Crippen LogP contribution in [0.3, 0.4) is 0 Å². The molecule has 3 rings (SSSR count). The van der Waals surface area contributed by atoms with Crippen LogP contribution in [0.1, 0.15) is 20.1 Å². The molecule has 1 N–H and O–H groups in total. The molecule has 3 aromatic rings. The van der Waals surface area contributed by atoms with Crippen molar-refractivity contribution in [3.8, 4) is 5.69 Å². The lowest BCUT2D eigenvalue weighted by Gasteiger charge is -2.06. The van der Waals surface area contributed by atoms with Crippen molar-refractivity contribution in [2.75, 3.05) is 6.54 Å². The molecule has 7 nitrogen and oxygen atoms in total. The van der Waals surface area contributed by atoms with Crippen molar-refractivity contribution in [1.29, 1.82) is 0 Å². The zero-order valence-corrected chi connectivity index (χ0v) is 14.3. The fourth-order valence-electron chi connectivity index (χ4n) is 2.41. The fourth-order valence-corrected chi connectivity index (χ4v) is 3.31. The first-order valence-electron chi connectivity index (χ1n) is 7.66. The number of nitrogens with one attached hydrogen (secondary N) is 1. The second kappa shape index (κ2) is 7.27. The van der Waals surface area contributed by atoms with E-state index in [-0.39, 0.29) is 11.6 Å². The number of carbonyl (C=O) groups is 1. The number of hydrogen-bond donors (Lipinski definition) is 1. The number of carbonyl (C=O) groups excluding carboxylic acids is 1. The van der Waals surface area contributed by atoms with Gasteiger partial charge in [0.1, 0.15) is 0 Å². The van der Waals surface area contributed by atoms with E-state index in [1.54, 1.807) is 17.8 Å². The number of benzene rings is 1. The summed E-state index contributed by atoms with van der Waals surface area (Å²) in [5.74, 6) is -0.283. The average molecular weight is 356 g/mol. The van der Waals surface area contributed by atoms with Gasteiger partial charge in [-0.25, -0.2) is 4.68 Å². The van der Waals surface area contributed by atoms with E-state index in [2.05, 4.69) is 10.4 Å². The van der Waals surface area contributed by atoms with E-state index in [1.807, 2.05) is 36.5 Å². The van der Waals surface area contributed by atoms with Gasteiger partial charge in [0.05, 0.1) is 20.4 Å². The van der Waals surface area contributed by atoms with Crippen molar-refractivity contribution in [2.45, 2.75) is 13.3 Å². The zero-order valence-electron chi connectivity index (χ0n) is 13.5. The molecule has 0 aliphatic heterocycles. The molecule has 0 aliphatic carbocycles. The van der Waals surface area contributed by atoms with Crippen LogP contribution >= 0.6 is 11.3 Å². The summed E-state index contributed by atoms with van der Waals surface area (Å²) in [6.45, 7) is 2.10. The summed E-state index contributed by atoms with van der Waals surface area (Å²) >= 11 is 1.13. The molecule has 128 valence electrons. The van der Waals surface area contributed by atoms with Crippen LogP contribution in [0.15, 0.2) is 48.8 Å². The number of aryl methyl sites for hydroxylation is 1. The monoisotopic (exact) mass is 356 g/mol. The van der Waals surface area contributed by atoms with Gasteiger partial charge in [-0.2, -0.15) is 5.10 Å². The van der Waals surface area contributed by atoms with E-state index in [9.17, 15) is 14.9 Å². The predicted octanol–water partition coefficient (Wildman–Crippen LogP) is 3.12. The van der Waals surface area contributed by atoms with Gasteiger partial charge in [-0.3, -0.25) is 14.9 Å². The third-order valence-corrected chi connectivity index (χ3v) is 4.76. The van der Waals surface area contributed by atoms with Crippen molar-refractivity contribution in [3.05, 3.63) is 74.2 Å². The first-order chi connectivity index (χ1) is 12.0. The lowest BCUT2D eigenvalue weighted by molar-refractivity contribution is -0.385. The van der Waals surface area contributed by atoms with Crippen LogP contribution in [-0.2, 0) is 6.42 Å². The number of thiophene rings is 1. The number of hydrogen-bond acceptors (Lipinski definition) is 5. The smallest absolute Gasteiger partial charge is 0.283 e. The lowest BCUT2D eigenvalue weighted by atomic mass is 10.1. The Kier molecular flexibility index (Phi) is 4.90. The Morgan fingerprint density at radius 3 is 2.72 bits per heavy atom. The molecule has 0 aliphatic rings. The average Bonchev–Trinajstić information content (AvgIpc) is 3.25. The van der Waals surface area contributed by atoms with Gasteiger partial charge in [0, 0.05) is 25.0 Å². The maximum Gasteiger partial charge on any atom is 0.283 e. The summed E-state index contributed by atoms with van der Waals surface area (Å²) in [6, 6.07) is 11.1. The Hall–Kier alpha value is -3.00. The van der Waals surface area contributed by atoms with E-state index in [1.165, 1.54) is 6.07 Å². The number of amides is 1. The quantitative estimate of drug-likeness (QED) is 0.543. The molecule has 8 heteroatoms. The van der Waals surface area contributed by atoms with E-state index >= 15 is 0 Å². The minimum absolute atomic E-state index is 0.00985. The van der Waals surface area contributed by atoms with Gasteiger partial charge in [0.25, 0.3) is 11.6 Å². The molecular formula is C17H16N4O3S. The maximum absolute atomic E-state index is 12.1. The van der Waals surface area contributed by atoms with Gasteiger partial charge in [-0.05, 0) is 37.1 Å². The van der Waals surface area contributed by atoms with Crippen LogP contribution in [0.4, 0.5) is 5.69 Å². The second-order valence-electron chi connectivity index (χ2n) is 5.43. The minimum Gasteiger partial charge on any atom is -0.351 e. The molecule has 2 aromatic heterocycles. The van der Waals surface area contributed by atoms with Crippen molar-refractivity contribution in [3.63, 3.8) is 0 Å². The van der Waals surface area contributed by atoms with Gasteiger partial charge >= 0.3 is 0 Å². The zero-order chi connectivity index (χ0) is 17.8. The molecule has 0 spiro atoms. The highest BCUT2D eigenvalue weighted by Crippen LogP contribution is 2.27. The van der Waals surface area contributed by atoms with Crippen molar-refractivity contribution in [1.82, 2.24) is 15.1 Å². The van der Waals surface area contributed by atoms with Crippen LogP contribution in [-0.4, -0.2) is 27.2 Å². The first-order valence-corrected chi connectivity index (χ1v) is 8.48. The van der Waals surface area contributed by atoms with Gasteiger partial charge in [0.2, 0.25) is 0 Å². The van der Waals surface area contributed by atoms with E-state index in [4.69, 9.17) is 0 Å². The summed E-state index contributed by atoms with van der Waals surface area (Å²) in [5.41, 5.74) is 2.05. The molecule has 0 bridgehead atoms. The van der Waals surface area contributed by atoms with Crippen LogP contribution in [0.5, 0.6) is 0 Å². The Balaban J connectivity index is 1.55. The van der Waals surface area contributed by atoms with Crippen molar-refractivity contribution >= 4 is 22.9 Å². The Morgan fingerprint density at radius 1 is 1.36 bits per heavy atom. The third-order valence-electron chi connectivity index (χ3n) is 3.72. The van der Waals surface area contributed by atoms with E-state index in [0.717, 1.165) is 22.6 Å². The van der Waals surface area contributed by atoms with Crippen LogP contribution in [0.2, 0.25) is 0 Å². The normalized spacial score (nSPS) is 10.6. The van der Waals surface area contributed by atoms with Crippen molar-refractivity contribution < 1.29 is 9.72 Å². The predicted molar refractivity (Wildman–Crippen MR) is 95.3 cm³/mol. The van der Waals surface area contributed by atoms with E-state index in [0.29, 0.717) is 22.7 Å². The summed E-state index contributed by atoms with van der Waals surface area (Å²) in [5, 5.41) is 17.8. The molecule has 0 saturated carbocycles. The maximum atomic E-state index is 12.1. The summed E-state index contributed by atoms with van der Waals surface area (Å²) < 4.78 is 1.78. The van der Waals surface area contributed by atoms with Gasteiger partial charge in [-0.1, -0.05) is 12.1 Å². The Bertz CT molecular complexity index is 885. The number of rotatable bonds is 6. The molecule has 0 atom stereocenters. The van der Waals surface area contributed by atoms with Gasteiger partial charge < -0.3 is 5.32 Å². The molecule has 25 heavy (non-hydrogen) atoms. The van der Waals surface area contributed by atoms with E-state index < -0.39 is 4.92 Å². The molecule has 0 radical (unpaired) electrons. The fraction of sp³-hybridized carbons (Fsp3) is 0.176. The van der Waals surface area contributed by atoms with Gasteiger partial charge in [0.15, 0.2) is 0 Å². The lowest BCUT2D eigenvalue weighted by Crippen LogP contribution is -2.24. The Morgan fingerprint density at radius 2 is 2.12 bits per heavy atom. The molecule has 0 unspecified atom stereocenters. The van der Waals surface area contributed by atoms with Crippen molar-refractivity contribution in [2.24, 2.45) is 0 Å². The molecular weight excluding hydrogens is 340 g/mol. The van der Waals surface area contributed by atoms with Crippen LogP contribution in [0.25, 0.3) is 5.69 Å². The topological polar surface area (TPSA) is 90.1 Å². The third kappa shape index (κ3) is 3.92. The van der Waals surface area contributed by atoms with Crippen LogP contribution in [0, 0.1) is 17.0 Å². The molecule has 1 amide bonds. The Labute approximate surface area is 148 Å². The standard InChI is InChI=1S/C17H16N4O3S/c1-12-15(21(23)24)11-16(25-12)17(22)18-9-7-13-3-5-14(6-4-13)20-10-2-8-19-20/h2-6,8,10-11H,7,9H2,1H3,(H,18,22). The SMILES string of the molecule is Cc1sc(C(=O)NCCc2ccc(-n3cccn3)cc2)cc1[N+](=O)[O-]. The largest absolute Gasteiger partial charge is 0.351 e. The molecule has 0 fully saturated rings. The molecule has 2 heterocycles. The second-order valence-corrected chi connectivity index (χ2v) is 6.69. The number of aromatic nitrogens is 2. The van der Waals surface area contributed by atoms with Gasteiger partial charge in [-0.15, -0.1) is 11.3 Å². The summed E-state index contributed by atoms with van der Waals surface area (Å²) in [7, 11) is 0. The summed E-state index contributed by atoms with van der Waals surface area (Å²) in [4.78, 5) is 23.4. The van der Waals surface area contributed by atoms with Crippen LogP contribution < -0.4 is 5.32 Å². The highest BCUT2D eigenvalue weighted by Gasteiger charge is 2.19. The minimum atomic E-state index is -0.468. The highest BCUT2D eigenvalue weighted by atomic mass is 32.1. The molecule has 0 saturated heterocycles. The first kappa shape index (κ1) is 16.8. The summed E-state index contributed by atoms with van der Waals surface area (Å²) in [6.07, 6.45) is 4.27. The highest BCUT2D eigenvalue weighted by molar-refractivity contribution is 7.14.